The van der Waals surface area contributed by atoms with Gasteiger partial charge in [-0.15, -0.1) is 0 Å². The van der Waals surface area contributed by atoms with Crippen LogP contribution >= 0.6 is 0 Å². The summed E-state index contributed by atoms with van der Waals surface area (Å²) < 4.78 is 29.0. The lowest BCUT2D eigenvalue weighted by atomic mass is 9.42. The monoisotopic (exact) mass is 548 g/mol. The standard InChI is InChI=1S/C29H40O10/c1-7-16(2)26(34)39-22-8-9-28(14-37-28)29(15-36-18(4)30)23(38-19(5)31)10-17(3)27(6,25(22)29)12-21(32)20-11-24(33)35-13-20/h7,11,17,21-23,25,32H,8-10,12-15H2,1-6H3/b16-7+/t17-,21+,22+,23-,25+,27-,28-,29+/m0/s1. The third-order valence-corrected chi connectivity index (χ3v) is 9.66. The van der Waals surface area contributed by atoms with Gasteiger partial charge in [-0.2, -0.15) is 0 Å². The molecule has 4 rings (SSSR count). The van der Waals surface area contributed by atoms with Gasteiger partial charge in [0, 0.05) is 37.0 Å². The molecule has 216 valence electrons. The first-order valence-corrected chi connectivity index (χ1v) is 13.6. The topological polar surface area (TPSA) is 138 Å². The van der Waals surface area contributed by atoms with Crippen LogP contribution in [0, 0.1) is 22.7 Å². The number of carbonyl (C=O) groups excluding carboxylic acids is 4. The van der Waals surface area contributed by atoms with E-state index in [2.05, 4.69) is 0 Å². The number of cyclic esters (lactones) is 1. The van der Waals surface area contributed by atoms with Crippen molar-refractivity contribution in [3.05, 3.63) is 23.3 Å². The lowest BCUT2D eigenvalue weighted by molar-refractivity contribution is -0.258. The maximum atomic E-state index is 13.1. The molecule has 2 aliphatic carbocycles. The minimum absolute atomic E-state index is 0.00967. The second-order valence-corrected chi connectivity index (χ2v) is 11.8. The summed E-state index contributed by atoms with van der Waals surface area (Å²) in [7, 11) is 0. The second kappa shape index (κ2) is 10.7. The van der Waals surface area contributed by atoms with Gasteiger partial charge in [0.15, 0.2) is 0 Å². The maximum Gasteiger partial charge on any atom is 0.333 e. The van der Waals surface area contributed by atoms with Crippen molar-refractivity contribution in [2.75, 3.05) is 19.8 Å². The molecule has 2 aliphatic heterocycles. The lowest BCUT2D eigenvalue weighted by Crippen LogP contribution is -2.71. The molecule has 0 aromatic heterocycles. The van der Waals surface area contributed by atoms with Gasteiger partial charge in [-0.05, 0) is 50.9 Å². The molecule has 8 atom stereocenters. The van der Waals surface area contributed by atoms with E-state index in [9.17, 15) is 24.3 Å². The number of aliphatic hydroxyl groups excluding tert-OH is 1. The van der Waals surface area contributed by atoms with Crippen LogP contribution in [0.2, 0.25) is 0 Å². The number of epoxide rings is 1. The lowest BCUT2D eigenvalue weighted by Gasteiger charge is -2.64. The van der Waals surface area contributed by atoms with E-state index in [1.54, 1.807) is 19.9 Å². The predicted octanol–water partition coefficient (Wildman–Crippen LogP) is 2.80. The molecule has 4 aliphatic rings. The molecule has 1 N–H and O–H groups in total. The largest absolute Gasteiger partial charge is 0.465 e. The summed E-state index contributed by atoms with van der Waals surface area (Å²) in [5.41, 5.74) is -1.56. The van der Waals surface area contributed by atoms with E-state index in [0.717, 1.165) is 0 Å². The highest BCUT2D eigenvalue weighted by molar-refractivity contribution is 5.87. The molecule has 0 unspecified atom stereocenters. The number of hydrogen-bond acceptors (Lipinski definition) is 10. The average molecular weight is 549 g/mol. The molecule has 1 spiro atoms. The van der Waals surface area contributed by atoms with Crippen molar-refractivity contribution in [1.82, 2.24) is 0 Å². The van der Waals surface area contributed by atoms with E-state index in [1.807, 2.05) is 13.8 Å². The van der Waals surface area contributed by atoms with Gasteiger partial charge in [-0.25, -0.2) is 9.59 Å². The number of fused-ring (bicyclic) bond motifs is 2. The second-order valence-electron chi connectivity index (χ2n) is 11.8. The Morgan fingerprint density at radius 1 is 1.21 bits per heavy atom. The van der Waals surface area contributed by atoms with Gasteiger partial charge in [0.1, 0.15) is 31.0 Å². The number of ether oxygens (including phenoxy) is 5. The fourth-order valence-electron chi connectivity index (χ4n) is 7.33. The number of esters is 4. The SMILES string of the molecule is C/C=C(\C)C(=O)O[C@@H]1CC[C@]2(CO2)[C@]2(COC(C)=O)[C@@H](OC(C)=O)C[C@H](C)[C@](C)(C[C@@H](O)C3=CC(=O)OC3)[C@@H]12. The molecule has 2 heterocycles. The molecule has 10 nitrogen and oxygen atoms in total. The van der Waals surface area contributed by atoms with E-state index in [1.165, 1.54) is 19.9 Å². The van der Waals surface area contributed by atoms with E-state index < -0.39 is 64.5 Å². The molecule has 1 saturated heterocycles. The first kappa shape index (κ1) is 29.3. The molecule has 0 radical (unpaired) electrons. The smallest absolute Gasteiger partial charge is 0.333 e. The maximum absolute atomic E-state index is 13.1. The Kier molecular flexibility index (Phi) is 8.02. The number of hydrogen-bond donors (Lipinski definition) is 1. The normalized spacial score (nSPS) is 38.3. The summed E-state index contributed by atoms with van der Waals surface area (Å²) in [5.74, 6) is -2.56. The third-order valence-electron chi connectivity index (χ3n) is 9.66. The highest BCUT2D eigenvalue weighted by atomic mass is 16.6. The molecular weight excluding hydrogens is 508 g/mol. The minimum atomic E-state index is -1.03. The quantitative estimate of drug-likeness (QED) is 0.209. The number of allylic oxidation sites excluding steroid dienone is 1. The van der Waals surface area contributed by atoms with Gasteiger partial charge in [0.2, 0.25) is 0 Å². The van der Waals surface area contributed by atoms with Crippen molar-refractivity contribution < 1.29 is 48.0 Å². The van der Waals surface area contributed by atoms with Gasteiger partial charge in [-0.3, -0.25) is 9.59 Å². The Morgan fingerprint density at radius 2 is 1.90 bits per heavy atom. The zero-order chi connectivity index (χ0) is 28.8. The average Bonchev–Trinajstić information content (AvgIpc) is 3.52. The van der Waals surface area contributed by atoms with Crippen LogP contribution in [0.15, 0.2) is 23.3 Å². The van der Waals surface area contributed by atoms with Gasteiger partial charge >= 0.3 is 23.9 Å². The number of aliphatic hydroxyl groups is 1. The van der Waals surface area contributed by atoms with Crippen LogP contribution in [0.5, 0.6) is 0 Å². The van der Waals surface area contributed by atoms with Crippen LogP contribution < -0.4 is 0 Å². The van der Waals surface area contributed by atoms with Gasteiger partial charge in [0.25, 0.3) is 0 Å². The van der Waals surface area contributed by atoms with Crippen LogP contribution in [0.25, 0.3) is 0 Å². The van der Waals surface area contributed by atoms with Crippen molar-refractivity contribution in [3.63, 3.8) is 0 Å². The van der Waals surface area contributed by atoms with Crippen molar-refractivity contribution in [1.29, 1.82) is 0 Å². The zero-order valence-electron chi connectivity index (χ0n) is 23.6. The fourth-order valence-corrected chi connectivity index (χ4v) is 7.33. The highest BCUT2D eigenvalue weighted by Gasteiger charge is 2.77. The van der Waals surface area contributed by atoms with E-state index in [-0.39, 0.29) is 25.6 Å². The Balaban J connectivity index is 1.87. The van der Waals surface area contributed by atoms with E-state index >= 15 is 0 Å². The molecule has 2 saturated carbocycles. The molecule has 10 heteroatoms. The van der Waals surface area contributed by atoms with Gasteiger partial charge in [-0.1, -0.05) is 19.9 Å². The molecule has 39 heavy (non-hydrogen) atoms. The van der Waals surface area contributed by atoms with Gasteiger partial charge < -0.3 is 28.8 Å². The minimum Gasteiger partial charge on any atom is -0.465 e. The zero-order valence-corrected chi connectivity index (χ0v) is 23.6. The molecule has 3 fully saturated rings. The van der Waals surface area contributed by atoms with Crippen LogP contribution in [0.3, 0.4) is 0 Å². The van der Waals surface area contributed by atoms with Crippen molar-refractivity contribution >= 4 is 23.9 Å². The third kappa shape index (κ3) is 5.13. The van der Waals surface area contributed by atoms with E-state index in [4.69, 9.17) is 23.7 Å². The summed E-state index contributed by atoms with van der Waals surface area (Å²) >= 11 is 0. The van der Waals surface area contributed by atoms with Crippen molar-refractivity contribution in [2.45, 2.75) is 91.1 Å². The van der Waals surface area contributed by atoms with Gasteiger partial charge in [0.05, 0.1) is 18.1 Å². The van der Waals surface area contributed by atoms with Crippen LogP contribution in [-0.4, -0.2) is 72.7 Å². The van der Waals surface area contributed by atoms with Crippen molar-refractivity contribution in [3.8, 4) is 0 Å². The van der Waals surface area contributed by atoms with E-state index in [0.29, 0.717) is 37.0 Å². The Bertz CT molecular complexity index is 1090. The Hall–Kier alpha value is -2.72. The van der Waals surface area contributed by atoms with Crippen LogP contribution in [-0.2, 0) is 42.9 Å². The summed E-state index contributed by atoms with van der Waals surface area (Å²) in [5, 5.41) is 11.3. The molecule has 0 bridgehead atoms. The molecule has 0 amide bonds. The first-order valence-electron chi connectivity index (χ1n) is 13.6. The number of carbonyl (C=O) groups is 4. The fraction of sp³-hybridized carbons (Fsp3) is 0.724. The van der Waals surface area contributed by atoms with Crippen LogP contribution in [0.4, 0.5) is 0 Å². The summed E-state index contributed by atoms with van der Waals surface area (Å²) in [6.07, 6.45) is 2.35. The first-order chi connectivity index (χ1) is 18.3. The predicted molar refractivity (Wildman–Crippen MR) is 137 cm³/mol. The summed E-state index contributed by atoms with van der Waals surface area (Å²) in [6, 6.07) is 0. The number of rotatable bonds is 8. The Morgan fingerprint density at radius 3 is 2.44 bits per heavy atom. The highest BCUT2D eigenvalue weighted by Crippen LogP contribution is 2.69. The summed E-state index contributed by atoms with van der Waals surface area (Å²) in [6.45, 7) is 10.5. The molecular formula is C29H40O10. The molecule has 0 aromatic rings. The Labute approximate surface area is 229 Å². The molecule has 0 aromatic carbocycles. The van der Waals surface area contributed by atoms with Crippen LogP contribution in [0.1, 0.15) is 67.2 Å². The summed E-state index contributed by atoms with van der Waals surface area (Å²) in [4.78, 5) is 49.4. The van der Waals surface area contributed by atoms with Crippen molar-refractivity contribution in [2.24, 2.45) is 22.7 Å².